The predicted octanol–water partition coefficient (Wildman–Crippen LogP) is 6.33. The summed E-state index contributed by atoms with van der Waals surface area (Å²) >= 11 is 9.24. The molecule has 1 aliphatic carbocycles. The van der Waals surface area contributed by atoms with Gasteiger partial charge in [0.1, 0.15) is 15.8 Å². The van der Waals surface area contributed by atoms with Crippen LogP contribution in [-0.2, 0) is 37.1 Å². The van der Waals surface area contributed by atoms with Gasteiger partial charge in [-0.25, -0.2) is 14.6 Å². The minimum atomic E-state index is -0.611. The van der Waals surface area contributed by atoms with Crippen molar-refractivity contribution in [3.63, 3.8) is 0 Å². The fourth-order valence-electron chi connectivity index (χ4n) is 4.85. The third kappa shape index (κ3) is 5.85. The van der Waals surface area contributed by atoms with Gasteiger partial charge in [0.15, 0.2) is 0 Å². The lowest BCUT2D eigenvalue weighted by Gasteiger charge is -2.21. The Hall–Kier alpha value is -2.46. The van der Waals surface area contributed by atoms with E-state index < -0.39 is 5.60 Å². The number of aryl methyl sites for hydroxylation is 1. The maximum Gasteiger partial charge on any atom is 0.341 e. The molecule has 3 aromatic rings. The smallest absolute Gasteiger partial charge is 0.341 e. The lowest BCUT2D eigenvalue weighted by Crippen LogP contribution is -2.30. The zero-order chi connectivity index (χ0) is 26.2. The van der Waals surface area contributed by atoms with Gasteiger partial charge in [-0.1, -0.05) is 11.6 Å². The van der Waals surface area contributed by atoms with Crippen LogP contribution in [0.2, 0.25) is 5.15 Å². The summed E-state index contributed by atoms with van der Waals surface area (Å²) in [5.41, 5.74) is 4.31. The molecule has 196 valence electrons. The number of halogens is 1. The van der Waals surface area contributed by atoms with Gasteiger partial charge < -0.3 is 15.4 Å². The Bertz CT molecular complexity index is 1320. The number of nitrogens with one attached hydrogen (secondary N) is 3. The summed E-state index contributed by atoms with van der Waals surface area (Å²) in [6.07, 6.45) is 6.56. The summed E-state index contributed by atoms with van der Waals surface area (Å²) in [7, 11) is 0. The Balaban J connectivity index is 1.37. The van der Waals surface area contributed by atoms with Crippen molar-refractivity contribution in [3.8, 4) is 10.4 Å². The Kier molecular flexibility index (Phi) is 7.58. The van der Waals surface area contributed by atoms with Crippen molar-refractivity contribution in [3.05, 3.63) is 55.5 Å². The van der Waals surface area contributed by atoms with E-state index in [0.29, 0.717) is 22.3 Å². The second-order valence-electron chi connectivity index (χ2n) is 10.3. The summed E-state index contributed by atoms with van der Waals surface area (Å²) in [6.45, 7) is 7.67. The maximum atomic E-state index is 13.1. The largest absolute Gasteiger partial charge is 0.456 e. The number of hydrogen-bond acceptors (Lipinski definition) is 7. The molecule has 0 bridgehead atoms. The van der Waals surface area contributed by atoms with Crippen LogP contribution in [-0.4, -0.2) is 29.1 Å². The number of amides is 2. The number of pyridine rings is 1. The van der Waals surface area contributed by atoms with E-state index in [1.807, 2.05) is 26.8 Å². The first kappa shape index (κ1) is 26.2. The molecule has 0 atom stereocenters. The number of carbonyl (C=O) groups excluding carboxylic acids is 2. The number of fused-ring (bicyclic) bond motifs is 2. The molecule has 0 radical (unpaired) electrons. The van der Waals surface area contributed by atoms with Gasteiger partial charge in [-0.05, 0) is 88.2 Å². The van der Waals surface area contributed by atoms with Crippen LogP contribution in [0.25, 0.3) is 10.4 Å². The fourth-order valence-corrected chi connectivity index (χ4v) is 7.56. The Labute approximate surface area is 230 Å². The molecule has 0 unspecified atom stereocenters. The Morgan fingerprint density at radius 2 is 1.92 bits per heavy atom. The van der Waals surface area contributed by atoms with E-state index >= 15 is 0 Å². The molecule has 0 spiro atoms. The Morgan fingerprint density at radius 1 is 1.11 bits per heavy atom. The fraction of sp³-hybridized carbons (Fsp3) is 0.444. The summed E-state index contributed by atoms with van der Waals surface area (Å²) in [5.74, 6) is -0.376. The van der Waals surface area contributed by atoms with Crippen LogP contribution < -0.4 is 16.0 Å². The predicted molar refractivity (Wildman–Crippen MR) is 150 cm³/mol. The molecule has 1 aliphatic heterocycles. The molecule has 0 saturated carbocycles. The highest BCUT2D eigenvalue weighted by molar-refractivity contribution is 7.17. The molecule has 0 aromatic carbocycles. The first-order valence-corrected chi connectivity index (χ1v) is 14.6. The first-order valence-electron chi connectivity index (χ1n) is 12.6. The van der Waals surface area contributed by atoms with Gasteiger partial charge in [-0.2, -0.15) is 0 Å². The van der Waals surface area contributed by atoms with Crippen molar-refractivity contribution < 1.29 is 14.3 Å². The van der Waals surface area contributed by atoms with Gasteiger partial charge in [0, 0.05) is 39.5 Å². The maximum absolute atomic E-state index is 13.1. The molecule has 3 N–H and O–H groups in total. The summed E-state index contributed by atoms with van der Waals surface area (Å²) in [5, 5.41) is 10.5. The van der Waals surface area contributed by atoms with Gasteiger partial charge in [0.05, 0.1) is 5.56 Å². The molecule has 2 amide bonds. The van der Waals surface area contributed by atoms with E-state index in [1.54, 1.807) is 23.6 Å². The van der Waals surface area contributed by atoms with Crippen molar-refractivity contribution in [1.29, 1.82) is 0 Å². The van der Waals surface area contributed by atoms with E-state index in [-0.39, 0.29) is 12.0 Å². The average molecular weight is 559 g/mol. The molecular formula is C27H31ClN4O3S2. The normalized spacial score (nSPS) is 15.0. The number of carbonyl (C=O) groups is 2. The zero-order valence-corrected chi connectivity index (χ0v) is 23.6. The molecule has 2 aliphatic rings. The third-order valence-corrected chi connectivity index (χ3v) is 9.21. The molecule has 37 heavy (non-hydrogen) atoms. The topological polar surface area (TPSA) is 92.3 Å². The van der Waals surface area contributed by atoms with Gasteiger partial charge in [-0.3, -0.25) is 5.32 Å². The molecular weight excluding hydrogens is 528 g/mol. The SMILES string of the molecule is CC(C)(C)OC(=O)c1c(NC(=O)NCc2c(-c3ccc(Cl)nc3)sc3c2CCNC3)sc2c1CCCC2. The van der Waals surface area contributed by atoms with Crippen LogP contribution in [0.4, 0.5) is 9.80 Å². The summed E-state index contributed by atoms with van der Waals surface area (Å²) < 4.78 is 5.70. The second-order valence-corrected chi connectivity index (χ2v) is 12.9. The molecule has 7 nitrogen and oxygen atoms in total. The number of esters is 1. The van der Waals surface area contributed by atoms with Crippen molar-refractivity contribution in [2.24, 2.45) is 0 Å². The number of anilines is 1. The molecule has 0 fully saturated rings. The second kappa shape index (κ2) is 10.7. The quantitative estimate of drug-likeness (QED) is 0.251. The highest BCUT2D eigenvalue weighted by Crippen LogP contribution is 2.40. The van der Waals surface area contributed by atoms with Crippen molar-refractivity contribution in [2.45, 2.75) is 71.6 Å². The molecule has 10 heteroatoms. The van der Waals surface area contributed by atoms with Crippen molar-refractivity contribution >= 4 is 51.3 Å². The molecule has 5 rings (SSSR count). The van der Waals surface area contributed by atoms with E-state index in [9.17, 15) is 9.59 Å². The molecule has 0 saturated heterocycles. The number of hydrogen-bond donors (Lipinski definition) is 3. The summed E-state index contributed by atoms with van der Waals surface area (Å²) in [6, 6.07) is 3.42. The van der Waals surface area contributed by atoms with Crippen LogP contribution in [0.5, 0.6) is 0 Å². The highest BCUT2D eigenvalue weighted by atomic mass is 35.5. The van der Waals surface area contributed by atoms with E-state index in [0.717, 1.165) is 66.8 Å². The number of ether oxygens (including phenoxy) is 1. The molecule has 3 aromatic heterocycles. The first-order chi connectivity index (χ1) is 17.7. The third-order valence-electron chi connectivity index (χ3n) is 6.45. The number of rotatable bonds is 5. The van der Waals surface area contributed by atoms with Gasteiger partial charge in [0.2, 0.25) is 0 Å². The van der Waals surface area contributed by atoms with Crippen molar-refractivity contribution in [2.75, 3.05) is 11.9 Å². The van der Waals surface area contributed by atoms with Gasteiger partial charge >= 0.3 is 12.0 Å². The van der Waals surface area contributed by atoms with Crippen molar-refractivity contribution in [1.82, 2.24) is 15.6 Å². The van der Waals surface area contributed by atoms with Crippen LogP contribution in [0, 0.1) is 0 Å². The van der Waals surface area contributed by atoms with Crippen LogP contribution in [0.3, 0.4) is 0 Å². The minimum absolute atomic E-state index is 0.336. The number of thiophene rings is 2. The number of aromatic nitrogens is 1. The standard InChI is InChI=1S/C27H31ClN4O3S2/c1-27(2,3)35-25(33)22-17-6-4-5-7-19(17)37-24(22)32-26(34)31-13-18-16-10-11-29-14-20(16)36-23(18)15-8-9-21(28)30-12-15/h8-9,12,29H,4-7,10-11,13-14H2,1-3H3,(H2,31,32,34). The van der Waals surface area contributed by atoms with Crippen LogP contribution >= 0.6 is 34.3 Å². The number of nitrogens with zero attached hydrogens (tertiary/aromatic N) is 1. The van der Waals surface area contributed by atoms with E-state index in [2.05, 4.69) is 20.9 Å². The average Bonchev–Trinajstić information content (AvgIpc) is 3.40. The Morgan fingerprint density at radius 3 is 2.68 bits per heavy atom. The lowest BCUT2D eigenvalue weighted by atomic mass is 9.95. The van der Waals surface area contributed by atoms with E-state index in [4.69, 9.17) is 16.3 Å². The monoisotopic (exact) mass is 558 g/mol. The zero-order valence-electron chi connectivity index (χ0n) is 21.3. The minimum Gasteiger partial charge on any atom is -0.456 e. The van der Waals surface area contributed by atoms with E-state index in [1.165, 1.54) is 26.7 Å². The lowest BCUT2D eigenvalue weighted by molar-refractivity contribution is 0.00699. The number of urea groups is 1. The van der Waals surface area contributed by atoms with Gasteiger partial charge in [0.25, 0.3) is 0 Å². The van der Waals surface area contributed by atoms with Gasteiger partial charge in [-0.15, -0.1) is 22.7 Å². The highest BCUT2D eigenvalue weighted by Gasteiger charge is 2.30. The van der Waals surface area contributed by atoms with Crippen LogP contribution in [0.15, 0.2) is 18.3 Å². The molecule has 4 heterocycles. The summed E-state index contributed by atoms with van der Waals surface area (Å²) in [4.78, 5) is 34.1. The van der Waals surface area contributed by atoms with Crippen LogP contribution in [0.1, 0.15) is 70.4 Å².